The summed E-state index contributed by atoms with van der Waals surface area (Å²) in [4.78, 5) is 26.9. The van der Waals surface area contributed by atoms with Gasteiger partial charge in [-0.2, -0.15) is 0 Å². The van der Waals surface area contributed by atoms with Gasteiger partial charge in [0.15, 0.2) is 0 Å². The Hall–Kier alpha value is -2.53. The molecule has 1 fully saturated rings. The summed E-state index contributed by atoms with van der Waals surface area (Å²) in [6.07, 6.45) is 9.02. The predicted molar refractivity (Wildman–Crippen MR) is 127 cm³/mol. The van der Waals surface area contributed by atoms with Crippen molar-refractivity contribution in [3.05, 3.63) is 82.9 Å². The molecule has 1 atom stereocenters. The smallest absolute Gasteiger partial charge is 0.251 e. The van der Waals surface area contributed by atoms with E-state index < -0.39 is 0 Å². The molecule has 1 saturated heterocycles. The highest BCUT2D eigenvalue weighted by molar-refractivity contribution is 8.00. The fourth-order valence-electron chi connectivity index (χ4n) is 4.24. The molecule has 2 aromatic carbocycles. The molecule has 162 valence electrons. The second-order valence-electron chi connectivity index (χ2n) is 8.22. The summed E-state index contributed by atoms with van der Waals surface area (Å²) in [5.74, 6) is 0.668. The standard InChI is InChI=1S/C26H30N2O2S/c29-24-19-31-26(28(24)18-16-21-9-5-2-6-10-21)23-13-11-22(12-14-23)25(30)27-17-15-20-7-3-1-4-8-20/h2,5-7,9-14,26H,1,3-4,8,15-19H2,(H,27,30)/t26-/m0/s1. The van der Waals surface area contributed by atoms with Crippen LogP contribution in [0.5, 0.6) is 0 Å². The van der Waals surface area contributed by atoms with E-state index in [4.69, 9.17) is 0 Å². The fourth-order valence-corrected chi connectivity index (χ4v) is 5.45. The average Bonchev–Trinajstić information content (AvgIpc) is 3.19. The lowest BCUT2D eigenvalue weighted by molar-refractivity contribution is -0.128. The first-order valence-corrected chi connectivity index (χ1v) is 12.3. The summed E-state index contributed by atoms with van der Waals surface area (Å²) < 4.78 is 0. The molecule has 1 aliphatic carbocycles. The van der Waals surface area contributed by atoms with Crippen molar-refractivity contribution in [2.24, 2.45) is 0 Å². The summed E-state index contributed by atoms with van der Waals surface area (Å²) in [6.45, 7) is 1.39. The third-order valence-corrected chi connectivity index (χ3v) is 7.28. The summed E-state index contributed by atoms with van der Waals surface area (Å²) in [7, 11) is 0. The van der Waals surface area contributed by atoms with Crippen LogP contribution in [0.1, 0.15) is 59.0 Å². The summed E-state index contributed by atoms with van der Waals surface area (Å²) in [5, 5.41) is 3.06. The van der Waals surface area contributed by atoms with Crippen molar-refractivity contribution < 1.29 is 9.59 Å². The number of hydrogen-bond acceptors (Lipinski definition) is 3. The van der Waals surface area contributed by atoms with Crippen molar-refractivity contribution in [1.82, 2.24) is 10.2 Å². The SMILES string of the molecule is O=C(NCCC1=CCCCC1)c1ccc([C@@H]2SCC(=O)N2CCc2ccccc2)cc1. The zero-order valence-corrected chi connectivity index (χ0v) is 18.7. The van der Waals surface area contributed by atoms with Crippen LogP contribution in [0, 0.1) is 0 Å². The van der Waals surface area contributed by atoms with E-state index in [1.165, 1.54) is 36.8 Å². The Morgan fingerprint density at radius 3 is 2.58 bits per heavy atom. The monoisotopic (exact) mass is 434 g/mol. The summed E-state index contributed by atoms with van der Waals surface area (Å²) >= 11 is 1.66. The molecular weight excluding hydrogens is 404 g/mol. The number of amides is 2. The van der Waals surface area contributed by atoms with Crippen molar-refractivity contribution >= 4 is 23.6 Å². The van der Waals surface area contributed by atoms with E-state index in [0.29, 0.717) is 24.4 Å². The lowest BCUT2D eigenvalue weighted by atomic mass is 9.97. The number of nitrogens with one attached hydrogen (secondary N) is 1. The van der Waals surface area contributed by atoms with Gasteiger partial charge in [0, 0.05) is 18.7 Å². The number of rotatable bonds is 8. The van der Waals surface area contributed by atoms with Crippen LogP contribution in [-0.4, -0.2) is 35.6 Å². The largest absolute Gasteiger partial charge is 0.352 e. The quantitative estimate of drug-likeness (QED) is 0.587. The lowest BCUT2D eigenvalue weighted by Gasteiger charge is -2.24. The Kier molecular flexibility index (Phi) is 7.47. The van der Waals surface area contributed by atoms with Gasteiger partial charge in [-0.15, -0.1) is 11.8 Å². The Bertz CT molecular complexity index is 924. The molecule has 0 aromatic heterocycles. The number of benzene rings is 2. The Balaban J connectivity index is 1.32. The molecule has 0 bridgehead atoms. The van der Waals surface area contributed by atoms with Gasteiger partial charge in [0.2, 0.25) is 5.91 Å². The van der Waals surface area contributed by atoms with E-state index >= 15 is 0 Å². The van der Waals surface area contributed by atoms with Crippen LogP contribution in [0.15, 0.2) is 66.2 Å². The van der Waals surface area contributed by atoms with Crippen LogP contribution in [0.25, 0.3) is 0 Å². The minimum Gasteiger partial charge on any atom is -0.352 e. The fraction of sp³-hybridized carbons (Fsp3) is 0.385. The molecule has 2 aromatic rings. The van der Waals surface area contributed by atoms with Gasteiger partial charge in [0.25, 0.3) is 5.91 Å². The minimum absolute atomic E-state index is 0.0200. The molecule has 31 heavy (non-hydrogen) atoms. The molecule has 4 rings (SSSR count). The molecular formula is C26H30N2O2S. The molecule has 4 nitrogen and oxygen atoms in total. The van der Waals surface area contributed by atoms with Crippen molar-refractivity contribution in [2.75, 3.05) is 18.8 Å². The molecule has 2 amide bonds. The Morgan fingerprint density at radius 2 is 1.84 bits per heavy atom. The first-order valence-electron chi connectivity index (χ1n) is 11.2. The van der Waals surface area contributed by atoms with Crippen molar-refractivity contribution in [3.63, 3.8) is 0 Å². The van der Waals surface area contributed by atoms with Gasteiger partial charge in [0.1, 0.15) is 5.37 Å². The predicted octanol–water partition coefficient (Wildman–Crippen LogP) is 5.12. The molecule has 2 aliphatic rings. The highest BCUT2D eigenvalue weighted by Gasteiger charge is 2.32. The van der Waals surface area contributed by atoms with Gasteiger partial charge in [-0.25, -0.2) is 0 Å². The third-order valence-electron chi connectivity index (χ3n) is 6.03. The topological polar surface area (TPSA) is 49.4 Å². The van der Waals surface area contributed by atoms with Gasteiger partial charge in [-0.1, -0.05) is 54.1 Å². The highest BCUT2D eigenvalue weighted by atomic mass is 32.2. The number of nitrogens with zero attached hydrogens (tertiary/aromatic N) is 1. The van der Waals surface area contributed by atoms with Crippen LogP contribution in [0.3, 0.4) is 0 Å². The van der Waals surface area contributed by atoms with Crippen LogP contribution >= 0.6 is 11.8 Å². The number of carbonyl (C=O) groups excluding carboxylic acids is 2. The zero-order chi connectivity index (χ0) is 21.5. The molecule has 1 heterocycles. The van der Waals surface area contributed by atoms with Gasteiger partial charge < -0.3 is 10.2 Å². The number of thioether (sulfide) groups is 1. The second-order valence-corrected chi connectivity index (χ2v) is 9.29. The van der Waals surface area contributed by atoms with Crippen LogP contribution in [0.4, 0.5) is 0 Å². The lowest BCUT2D eigenvalue weighted by Crippen LogP contribution is -2.30. The van der Waals surface area contributed by atoms with Crippen LogP contribution in [-0.2, 0) is 11.2 Å². The van der Waals surface area contributed by atoms with E-state index in [-0.39, 0.29) is 17.2 Å². The molecule has 1 aliphatic heterocycles. The van der Waals surface area contributed by atoms with Crippen molar-refractivity contribution in [2.45, 2.75) is 43.9 Å². The maximum atomic E-state index is 12.5. The number of allylic oxidation sites excluding steroid dienone is 1. The van der Waals surface area contributed by atoms with Crippen LogP contribution < -0.4 is 5.32 Å². The maximum Gasteiger partial charge on any atom is 0.251 e. The minimum atomic E-state index is -0.0287. The second kappa shape index (κ2) is 10.7. The Labute approximate surface area is 189 Å². The zero-order valence-electron chi connectivity index (χ0n) is 17.9. The van der Waals surface area contributed by atoms with Gasteiger partial charge in [-0.3, -0.25) is 9.59 Å². The molecule has 1 N–H and O–H groups in total. The van der Waals surface area contributed by atoms with Gasteiger partial charge in [-0.05, 0) is 61.8 Å². The first-order chi connectivity index (χ1) is 15.2. The van der Waals surface area contributed by atoms with Gasteiger partial charge in [0.05, 0.1) is 5.75 Å². The van der Waals surface area contributed by atoms with E-state index in [0.717, 1.165) is 18.4 Å². The number of hydrogen-bond donors (Lipinski definition) is 1. The molecule has 0 unspecified atom stereocenters. The normalized spacial score (nSPS) is 18.7. The van der Waals surface area contributed by atoms with Crippen molar-refractivity contribution in [3.8, 4) is 0 Å². The van der Waals surface area contributed by atoms with E-state index in [2.05, 4.69) is 23.5 Å². The number of carbonyl (C=O) groups is 2. The Morgan fingerprint density at radius 1 is 1.03 bits per heavy atom. The summed E-state index contributed by atoms with van der Waals surface area (Å²) in [5.41, 5.74) is 4.46. The van der Waals surface area contributed by atoms with E-state index in [9.17, 15) is 9.59 Å². The highest BCUT2D eigenvalue weighted by Crippen LogP contribution is 2.38. The maximum absolute atomic E-state index is 12.5. The first kappa shape index (κ1) is 21.7. The molecule has 0 spiro atoms. The third kappa shape index (κ3) is 5.79. The average molecular weight is 435 g/mol. The van der Waals surface area contributed by atoms with Gasteiger partial charge >= 0.3 is 0 Å². The molecule has 5 heteroatoms. The van der Waals surface area contributed by atoms with E-state index in [1.54, 1.807) is 11.8 Å². The molecule has 0 saturated carbocycles. The summed E-state index contributed by atoms with van der Waals surface area (Å²) in [6, 6.07) is 18.0. The van der Waals surface area contributed by atoms with Crippen LogP contribution in [0.2, 0.25) is 0 Å². The van der Waals surface area contributed by atoms with Crippen molar-refractivity contribution in [1.29, 1.82) is 0 Å². The van der Waals surface area contributed by atoms with E-state index in [1.807, 2.05) is 47.4 Å². The molecule has 0 radical (unpaired) electrons.